The first-order valence-electron chi connectivity index (χ1n) is 9.11. The number of hydrogen-bond acceptors (Lipinski definition) is 6. The van der Waals surface area contributed by atoms with Gasteiger partial charge in [-0.2, -0.15) is 16.5 Å². The third-order valence-corrected chi connectivity index (χ3v) is 6.37. The zero-order valence-corrected chi connectivity index (χ0v) is 18.9. The maximum absolute atomic E-state index is 12.8. The number of halogens is 1. The van der Waals surface area contributed by atoms with Gasteiger partial charge in [-0.1, -0.05) is 17.7 Å². The number of ether oxygens (including phenoxy) is 1. The Morgan fingerprint density at radius 1 is 1.17 bits per heavy atom. The van der Waals surface area contributed by atoms with Gasteiger partial charge in [0.05, 0.1) is 17.1 Å². The van der Waals surface area contributed by atoms with Gasteiger partial charge < -0.3 is 10.1 Å². The van der Waals surface area contributed by atoms with Gasteiger partial charge in [0, 0.05) is 10.7 Å². The van der Waals surface area contributed by atoms with Crippen molar-refractivity contribution in [1.29, 1.82) is 0 Å². The molecule has 1 atom stereocenters. The van der Waals surface area contributed by atoms with E-state index in [1.54, 1.807) is 25.1 Å². The lowest BCUT2D eigenvalue weighted by Crippen LogP contribution is -2.44. The van der Waals surface area contributed by atoms with Crippen molar-refractivity contribution in [1.82, 2.24) is 4.72 Å². The number of anilines is 1. The summed E-state index contributed by atoms with van der Waals surface area (Å²) in [5, 5.41) is 3.08. The first-order valence-corrected chi connectivity index (χ1v) is 12.4. The Morgan fingerprint density at radius 2 is 1.87 bits per heavy atom. The molecule has 0 saturated heterocycles. The molecule has 0 fully saturated rings. The Hall–Kier alpha value is -2.07. The van der Waals surface area contributed by atoms with E-state index < -0.39 is 27.9 Å². The van der Waals surface area contributed by atoms with Crippen LogP contribution in [0.4, 0.5) is 5.69 Å². The second kappa shape index (κ2) is 11.4. The first kappa shape index (κ1) is 24.2. The molecule has 7 nitrogen and oxygen atoms in total. The van der Waals surface area contributed by atoms with Crippen LogP contribution in [0.3, 0.4) is 0 Å². The molecule has 0 saturated carbocycles. The summed E-state index contributed by atoms with van der Waals surface area (Å²) in [6, 6.07) is 11.0. The Balaban J connectivity index is 2.18. The van der Waals surface area contributed by atoms with E-state index >= 15 is 0 Å². The largest absolute Gasteiger partial charge is 0.462 e. The van der Waals surface area contributed by atoms with Crippen LogP contribution in [-0.2, 0) is 19.6 Å². The number of amides is 1. The van der Waals surface area contributed by atoms with E-state index in [0.29, 0.717) is 16.5 Å². The van der Waals surface area contributed by atoms with Crippen molar-refractivity contribution >= 4 is 50.9 Å². The van der Waals surface area contributed by atoms with E-state index in [1.165, 1.54) is 42.1 Å². The van der Waals surface area contributed by atoms with Crippen molar-refractivity contribution < 1.29 is 22.7 Å². The number of sulfonamides is 1. The normalized spacial score (nSPS) is 12.2. The van der Waals surface area contributed by atoms with Gasteiger partial charge in [0.2, 0.25) is 15.9 Å². The molecule has 0 aliphatic carbocycles. The highest BCUT2D eigenvalue weighted by molar-refractivity contribution is 7.98. The van der Waals surface area contributed by atoms with Crippen molar-refractivity contribution in [3.63, 3.8) is 0 Å². The summed E-state index contributed by atoms with van der Waals surface area (Å²) in [6.07, 6.45) is 2.16. The molecule has 0 heterocycles. The van der Waals surface area contributed by atoms with Gasteiger partial charge in [-0.05, 0) is 67.8 Å². The third kappa shape index (κ3) is 7.02. The summed E-state index contributed by atoms with van der Waals surface area (Å²) in [5.41, 5.74) is 0.655. The van der Waals surface area contributed by atoms with Crippen LogP contribution in [0.2, 0.25) is 5.02 Å². The Morgan fingerprint density at radius 3 is 2.50 bits per heavy atom. The molecule has 0 radical (unpaired) electrons. The molecule has 1 amide bonds. The van der Waals surface area contributed by atoms with Crippen LogP contribution in [0.25, 0.3) is 0 Å². The van der Waals surface area contributed by atoms with E-state index in [4.69, 9.17) is 16.3 Å². The van der Waals surface area contributed by atoms with Crippen molar-refractivity contribution in [2.75, 3.05) is 23.9 Å². The molecule has 2 N–H and O–H groups in total. The highest BCUT2D eigenvalue weighted by Crippen LogP contribution is 2.17. The van der Waals surface area contributed by atoms with Crippen molar-refractivity contribution in [2.24, 2.45) is 0 Å². The molecule has 30 heavy (non-hydrogen) atoms. The number of hydrogen-bond donors (Lipinski definition) is 2. The predicted octanol–water partition coefficient (Wildman–Crippen LogP) is 3.56. The van der Waals surface area contributed by atoms with E-state index in [9.17, 15) is 18.0 Å². The zero-order chi connectivity index (χ0) is 22.1. The predicted molar refractivity (Wildman–Crippen MR) is 120 cm³/mol. The topological polar surface area (TPSA) is 102 Å². The molecule has 2 rings (SSSR count). The van der Waals surface area contributed by atoms with Crippen LogP contribution in [0.15, 0.2) is 53.4 Å². The minimum Gasteiger partial charge on any atom is -0.462 e. The first-order chi connectivity index (χ1) is 14.3. The molecule has 0 aliphatic rings. The molecule has 2 aromatic carbocycles. The fourth-order valence-corrected chi connectivity index (χ4v) is 4.34. The molecule has 0 aromatic heterocycles. The standard InChI is InChI=1S/C20H23ClN2O5S2/c1-3-28-20(25)14-5-4-6-16(13-14)22-19(24)18(11-12-29-2)23-30(26,27)17-9-7-15(21)8-10-17/h4-10,13,18,23H,3,11-12H2,1-2H3,(H,22,24). The number of rotatable bonds is 10. The minimum atomic E-state index is -3.93. The van der Waals surface area contributed by atoms with Gasteiger partial charge in [-0.3, -0.25) is 4.79 Å². The highest BCUT2D eigenvalue weighted by Gasteiger charge is 2.25. The Kier molecular flexibility index (Phi) is 9.16. The maximum Gasteiger partial charge on any atom is 0.338 e. The average molecular weight is 471 g/mol. The molecule has 0 bridgehead atoms. The van der Waals surface area contributed by atoms with Crippen LogP contribution < -0.4 is 10.0 Å². The van der Waals surface area contributed by atoms with E-state index in [-0.39, 0.29) is 23.5 Å². The molecule has 2 aromatic rings. The number of carbonyl (C=O) groups excluding carboxylic acids is 2. The van der Waals surface area contributed by atoms with Gasteiger partial charge in [0.1, 0.15) is 6.04 Å². The number of thioether (sulfide) groups is 1. The number of carbonyl (C=O) groups is 2. The van der Waals surface area contributed by atoms with Crippen molar-refractivity contribution in [3.8, 4) is 0 Å². The smallest absolute Gasteiger partial charge is 0.338 e. The fraction of sp³-hybridized carbons (Fsp3) is 0.300. The summed E-state index contributed by atoms with van der Waals surface area (Å²) in [7, 11) is -3.93. The Labute approximate surface area is 185 Å². The Bertz CT molecular complexity index is 981. The molecule has 10 heteroatoms. The SMILES string of the molecule is CCOC(=O)c1cccc(NC(=O)C(CCSC)NS(=O)(=O)c2ccc(Cl)cc2)c1. The van der Waals surface area contributed by atoms with Crippen LogP contribution in [0.5, 0.6) is 0 Å². The lowest BCUT2D eigenvalue weighted by atomic mass is 10.2. The van der Waals surface area contributed by atoms with Gasteiger partial charge in [0.25, 0.3) is 0 Å². The lowest BCUT2D eigenvalue weighted by molar-refractivity contribution is -0.117. The van der Waals surface area contributed by atoms with Gasteiger partial charge in [-0.25, -0.2) is 13.2 Å². The van der Waals surface area contributed by atoms with Gasteiger partial charge >= 0.3 is 5.97 Å². The van der Waals surface area contributed by atoms with Gasteiger partial charge in [0.15, 0.2) is 0 Å². The summed E-state index contributed by atoms with van der Waals surface area (Å²) >= 11 is 7.31. The van der Waals surface area contributed by atoms with Crippen LogP contribution >= 0.6 is 23.4 Å². The summed E-state index contributed by atoms with van der Waals surface area (Å²) in [6.45, 7) is 1.94. The van der Waals surface area contributed by atoms with Crippen LogP contribution in [-0.4, -0.2) is 45.0 Å². The lowest BCUT2D eigenvalue weighted by Gasteiger charge is -2.18. The van der Waals surface area contributed by atoms with Crippen molar-refractivity contribution in [2.45, 2.75) is 24.3 Å². The molecule has 0 spiro atoms. The average Bonchev–Trinajstić information content (AvgIpc) is 2.71. The number of nitrogens with one attached hydrogen (secondary N) is 2. The quantitative estimate of drug-likeness (QED) is 0.515. The number of benzene rings is 2. The zero-order valence-electron chi connectivity index (χ0n) is 16.6. The summed E-state index contributed by atoms with van der Waals surface area (Å²) in [4.78, 5) is 24.7. The van der Waals surface area contributed by atoms with Gasteiger partial charge in [-0.15, -0.1) is 0 Å². The summed E-state index contributed by atoms with van der Waals surface area (Å²) < 4.78 is 32.8. The van der Waals surface area contributed by atoms with Crippen molar-refractivity contribution in [3.05, 3.63) is 59.1 Å². The van der Waals surface area contributed by atoms with E-state index in [0.717, 1.165) is 0 Å². The molecular formula is C20H23ClN2O5S2. The monoisotopic (exact) mass is 470 g/mol. The van der Waals surface area contributed by atoms with Crippen LogP contribution in [0, 0.1) is 0 Å². The second-order valence-corrected chi connectivity index (χ2v) is 9.34. The molecule has 1 unspecified atom stereocenters. The second-order valence-electron chi connectivity index (χ2n) is 6.20. The fourth-order valence-electron chi connectivity index (χ4n) is 2.52. The highest BCUT2D eigenvalue weighted by atomic mass is 35.5. The minimum absolute atomic E-state index is 0.0122. The maximum atomic E-state index is 12.8. The van der Waals surface area contributed by atoms with E-state index in [2.05, 4.69) is 10.0 Å². The molecule has 162 valence electrons. The number of esters is 1. The molecule has 0 aliphatic heterocycles. The van der Waals surface area contributed by atoms with Crippen LogP contribution in [0.1, 0.15) is 23.7 Å². The molecular weight excluding hydrogens is 448 g/mol. The summed E-state index contributed by atoms with van der Waals surface area (Å²) in [5.74, 6) is -0.456. The van der Waals surface area contributed by atoms with E-state index in [1.807, 2.05) is 6.26 Å². The third-order valence-electron chi connectivity index (χ3n) is 3.99.